The van der Waals surface area contributed by atoms with Crippen LogP contribution in [-0.2, 0) is 16.1 Å². The van der Waals surface area contributed by atoms with Gasteiger partial charge in [0.2, 0.25) is 0 Å². The van der Waals surface area contributed by atoms with E-state index in [4.69, 9.17) is 27.9 Å². The number of anilines is 1. The van der Waals surface area contributed by atoms with Crippen molar-refractivity contribution >= 4 is 56.7 Å². The normalized spacial score (nSPS) is 10.6. The van der Waals surface area contributed by atoms with Crippen LogP contribution in [0.25, 0.3) is 0 Å². The molecule has 0 fully saturated rings. The van der Waals surface area contributed by atoms with Crippen molar-refractivity contribution < 1.29 is 14.3 Å². The third kappa shape index (κ3) is 5.18. The van der Waals surface area contributed by atoms with Crippen molar-refractivity contribution in [2.24, 2.45) is 0 Å². The molecule has 1 amide bonds. The maximum Gasteiger partial charge on any atom is 0.343 e. The molecule has 1 N–H and O–H groups in total. The molecule has 0 saturated heterocycles. The zero-order chi connectivity index (χ0) is 21.0. The summed E-state index contributed by atoms with van der Waals surface area (Å²) in [5.41, 5.74) is 1.91. The number of nitrogens with one attached hydrogen (secondary N) is 1. The third-order valence-corrected chi connectivity index (χ3v) is 5.47. The lowest BCUT2D eigenvalue weighted by atomic mass is 10.2. The van der Waals surface area contributed by atoms with Crippen molar-refractivity contribution in [3.05, 3.63) is 80.0 Å². The fourth-order valence-corrected chi connectivity index (χ4v) is 3.52. The summed E-state index contributed by atoms with van der Waals surface area (Å²) in [5, 5.41) is 7.65. The molecule has 2 aromatic carbocycles. The molecular formula is C20H16BrCl2N3O3. The minimum atomic E-state index is -0.722. The Morgan fingerprint density at radius 1 is 1.14 bits per heavy atom. The highest BCUT2D eigenvalue weighted by molar-refractivity contribution is 9.10. The molecule has 0 unspecified atom stereocenters. The Kier molecular flexibility index (Phi) is 6.95. The first-order valence-corrected chi connectivity index (χ1v) is 10.1. The first kappa shape index (κ1) is 21.4. The lowest BCUT2D eigenvalue weighted by Gasteiger charge is -2.08. The Hall–Kier alpha value is -2.35. The number of nitrogens with zero attached hydrogens (tertiary/aromatic N) is 2. The number of ether oxygens (including phenoxy) is 1. The highest BCUT2D eigenvalue weighted by Crippen LogP contribution is 2.24. The SMILES string of the molecule is Cc1nn(Cc2ccccc2Cl)c(Cl)c1C(=O)OCC(=O)Nc1ccccc1Br. The predicted molar refractivity (Wildman–Crippen MR) is 116 cm³/mol. The van der Waals surface area contributed by atoms with Crippen LogP contribution in [-0.4, -0.2) is 28.3 Å². The number of para-hydroxylation sites is 1. The number of halogens is 3. The van der Waals surface area contributed by atoms with Gasteiger partial charge in [-0.15, -0.1) is 0 Å². The van der Waals surface area contributed by atoms with Gasteiger partial charge in [-0.2, -0.15) is 5.10 Å². The average molecular weight is 497 g/mol. The Labute approximate surface area is 185 Å². The van der Waals surface area contributed by atoms with Crippen molar-refractivity contribution in [1.82, 2.24) is 9.78 Å². The summed E-state index contributed by atoms with van der Waals surface area (Å²) in [5.74, 6) is -1.19. The second-order valence-corrected chi connectivity index (χ2v) is 7.72. The summed E-state index contributed by atoms with van der Waals surface area (Å²) in [7, 11) is 0. The maximum absolute atomic E-state index is 12.5. The van der Waals surface area contributed by atoms with Crippen molar-refractivity contribution in [2.45, 2.75) is 13.5 Å². The summed E-state index contributed by atoms with van der Waals surface area (Å²) in [6, 6.07) is 14.4. The van der Waals surface area contributed by atoms with Gasteiger partial charge in [0.05, 0.1) is 17.9 Å². The smallest absolute Gasteiger partial charge is 0.343 e. The number of benzene rings is 2. The largest absolute Gasteiger partial charge is 0.452 e. The zero-order valence-corrected chi connectivity index (χ0v) is 18.4. The molecule has 0 aliphatic rings. The minimum absolute atomic E-state index is 0.118. The minimum Gasteiger partial charge on any atom is -0.452 e. The predicted octanol–water partition coefficient (Wildman–Crippen LogP) is 5.10. The second-order valence-electron chi connectivity index (χ2n) is 6.10. The highest BCUT2D eigenvalue weighted by atomic mass is 79.9. The molecule has 29 heavy (non-hydrogen) atoms. The standard InChI is InChI=1S/C20H16BrCl2N3O3/c1-12-18(19(23)26(25-12)10-13-6-2-4-8-15(13)22)20(28)29-11-17(27)24-16-9-5-3-7-14(16)21/h2-9H,10-11H2,1H3,(H,24,27). The number of aromatic nitrogens is 2. The summed E-state index contributed by atoms with van der Waals surface area (Å²) in [6.07, 6.45) is 0. The van der Waals surface area contributed by atoms with E-state index in [1.165, 1.54) is 4.68 Å². The zero-order valence-electron chi connectivity index (χ0n) is 15.3. The lowest BCUT2D eigenvalue weighted by Crippen LogP contribution is -2.21. The van der Waals surface area contributed by atoms with Gasteiger partial charge < -0.3 is 10.1 Å². The maximum atomic E-state index is 12.5. The van der Waals surface area contributed by atoms with Crippen LogP contribution in [0.4, 0.5) is 5.69 Å². The molecule has 9 heteroatoms. The third-order valence-electron chi connectivity index (χ3n) is 4.03. The van der Waals surface area contributed by atoms with Gasteiger partial charge in [0.1, 0.15) is 10.7 Å². The number of hydrogen-bond acceptors (Lipinski definition) is 4. The molecule has 0 radical (unpaired) electrons. The van der Waals surface area contributed by atoms with Crippen LogP contribution >= 0.6 is 39.1 Å². The molecule has 1 aromatic heterocycles. The number of aryl methyl sites for hydroxylation is 1. The van der Waals surface area contributed by atoms with Crippen molar-refractivity contribution in [1.29, 1.82) is 0 Å². The van der Waals surface area contributed by atoms with Gasteiger partial charge in [0.25, 0.3) is 5.91 Å². The van der Waals surface area contributed by atoms with E-state index in [9.17, 15) is 9.59 Å². The number of rotatable bonds is 6. The molecule has 0 spiro atoms. The summed E-state index contributed by atoms with van der Waals surface area (Å²) >= 11 is 15.9. The highest BCUT2D eigenvalue weighted by Gasteiger charge is 2.23. The van der Waals surface area contributed by atoms with Gasteiger partial charge in [0.15, 0.2) is 6.61 Å². The van der Waals surface area contributed by atoms with Crippen molar-refractivity contribution in [3.8, 4) is 0 Å². The van der Waals surface area contributed by atoms with E-state index in [1.54, 1.807) is 31.2 Å². The first-order valence-electron chi connectivity index (χ1n) is 8.54. The molecule has 3 aromatic rings. The molecule has 3 rings (SSSR count). The van der Waals surface area contributed by atoms with Gasteiger partial charge in [-0.25, -0.2) is 9.48 Å². The Morgan fingerprint density at radius 2 is 1.83 bits per heavy atom. The van der Waals surface area contributed by atoms with Crippen molar-refractivity contribution in [2.75, 3.05) is 11.9 Å². The molecule has 150 valence electrons. The summed E-state index contributed by atoms with van der Waals surface area (Å²) in [4.78, 5) is 24.5. The van der Waals surface area contributed by atoms with Gasteiger partial charge in [0, 0.05) is 9.50 Å². The van der Waals surface area contributed by atoms with E-state index >= 15 is 0 Å². The fraction of sp³-hybridized carbons (Fsp3) is 0.150. The second kappa shape index (κ2) is 9.43. The van der Waals surface area contributed by atoms with E-state index in [1.807, 2.05) is 24.3 Å². The quantitative estimate of drug-likeness (QED) is 0.481. The molecule has 0 aliphatic heterocycles. The Balaban J connectivity index is 1.66. The molecular weight excluding hydrogens is 481 g/mol. The number of carbonyl (C=O) groups is 2. The number of hydrogen-bond donors (Lipinski definition) is 1. The summed E-state index contributed by atoms with van der Waals surface area (Å²) in [6.45, 7) is 1.49. The van der Waals surface area contributed by atoms with Crippen LogP contribution < -0.4 is 5.32 Å². The van der Waals surface area contributed by atoms with E-state index in [2.05, 4.69) is 26.3 Å². The average Bonchev–Trinajstić information content (AvgIpc) is 2.97. The van der Waals surface area contributed by atoms with Crippen molar-refractivity contribution in [3.63, 3.8) is 0 Å². The van der Waals surface area contributed by atoms with Gasteiger partial charge >= 0.3 is 5.97 Å². The molecule has 0 aliphatic carbocycles. The monoisotopic (exact) mass is 495 g/mol. The summed E-state index contributed by atoms with van der Waals surface area (Å²) < 4.78 is 7.31. The van der Waals surface area contributed by atoms with Crippen LogP contribution in [0.3, 0.4) is 0 Å². The van der Waals surface area contributed by atoms with E-state index < -0.39 is 18.5 Å². The number of amides is 1. The molecule has 0 bridgehead atoms. The topological polar surface area (TPSA) is 73.2 Å². The molecule has 0 saturated carbocycles. The Bertz CT molecular complexity index is 1070. The van der Waals surface area contributed by atoms with Gasteiger partial charge in [-0.3, -0.25) is 4.79 Å². The van der Waals surface area contributed by atoms with Crippen LogP contribution in [0.1, 0.15) is 21.6 Å². The van der Waals surface area contributed by atoms with Crippen LogP contribution in [0, 0.1) is 6.92 Å². The van der Waals surface area contributed by atoms with Crippen LogP contribution in [0.5, 0.6) is 0 Å². The fourth-order valence-electron chi connectivity index (χ4n) is 2.63. The lowest BCUT2D eigenvalue weighted by molar-refractivity contribution is -0.119. The van der Waals surface area contributed by atoms with Gasteiger partial charge in [-0.05, 0) is 46.6 Å². The number of esters is 1. The van der Waals surface area contributed by atoms with Gasteiger partial charge in [-0.1, -0.05) is 53.5 Å². The van der Waals surface area contributed by atoms with E-state index in [0.717, 1.165) is 10.0 Å². The molecule has 1 heterocycles. The van der Waals surface area contributed by atoms with E-state index in [0.29, 0.717) is 22.9 Å². The Morgan fingerprint density at radius 3 is 2.55 bits per heavy atom. The number of carbonyl (C=O) groups excluding carboxylic acids is 2. The van der Waals surface area contributed by atoms with E-state index in [-0.39, 0.29) is 10.7 Å². The van der Waals surface area contributed by atoms with Crippen LogP contribution in [0.2, 0.25) is 10.2 Å². The first-order chi connectivity index (χ1) is 13.9. The molecule has 6 nitrogen and oxygen atoms in total. The molecule has 0 atom stereocenters. The van der Waals surface area contributed by atoms with Crippen LogP contribution in [0.15, 0.2) is 53.0 Å².